The highest BCUT2D eigenvalue weighted by Crippen LogP contribution is 2.47. The second-order valence-electron chi connectivity index (χ2n) is 7.96. The maximum Gasteiger partial charge on any atom is 0.294 e. The monoisotopic (exact) mass is 490 g/mol. The second kappa shape index (κ2) is 10.0. The van der Waals surface area contributed by atoms with Gasteiger partial charge in [-0.2, -0.15) is 16.8 Å². The Labute approximate surface area is 194 Å². The number of rotatable bonds is 9. The summed E-state index contributed by atoms with van der Waals surface area (Å²) in [5.41, 5.74) is 2.35. The number of aliphatic imine (C=N–C) groups is 1. The zero-order chi connectivity index (χ0) is 24.1. The number of hydrogen-bond acceptors (Lipinski definition) is 6. The van der Waals surface area contributed by atoms with E-state index in [1.807, 2.05) is 43.3 Å². The SMILES string of the molecule is CC1(CCCCS(=O)(=O)O)C(=CC=CC=Nc2ccccc2)Nc2ccc(S(=O)(=O)O)cc21. The molecule has 1 unspecified atom stereocenters. The van der Waals surface area contributed by atoms with Gasteiger partial charge in [0.1, 0.15) is 0 Å². The molecule has 0 saturated carbocycles. The van der Waals surface area contributed by atoms with Gasteiger partial charge in [-0.1, -0.05) is 30.7 Å². The molecule has 10 heteroatoms. The second-order valence-corrected chi connectivity index (χ2v) is 11.0. The van der Waals surface area contributed by atoms with Gasteiger partial charge in [0.2, 0.25) is 0 Å². The summed E-state index contributed by atoms with van der Waals surface area (Å²) in [5, 5.41) is 3.29. The summed E-state index contributed by atoms with van der Waals surface area (Å²) in [7, 11) is -8.43. The van der Waals surface area contributed by atoms with Crippen molar-refractivity contribution in [1.29, 1.82) is 0 Å². The number of para-hydroxylation sites is 1. The van der Waals surface area contributed by atoms with E-state index in [0.717, 1.165) is 11.4 Å². The third-order valence-electron chi connectivity index (χ3n) is 5.52. The van der Waals surface area contributed by atoms with Gasteiger partial charge in [0, 0.05) is 23.0 Å². The van der Waals surface area contributed by atoms with Crippen molar-refractivity contribution in [2.75, 3.05) is 11.1 Å². The Balaban J connectivity index is 1.86. The average molecular weight is 491 g/mol. The molecule has 1 atom stereocenters. The Morgan fingerprint density at radius 3 is 2.39 bits per heavy atom. The molecule has 0 aromatic heterocycles. The molecule has 1 heterocycles. The van der Waals surface area contributed by atoms with Crippen LogP contribution in [0.2, 0.25) is 0 Å². The topological polar surface area (TPSA) is 133 Å². The van der Waals surface area contributed by atoms with E-state index < -0.39 is 25.7 Å². The minimum Gasteiger partial charge on any atom is -0.358 e. The van der Waals surface area contributed by atoms with Crippen LogP contribution >= 0.6 is 0 Å². The highest BCUT2D eigenvalue weighted by Gasteiger charge is 2.39. The van der Waals surface area contributed by atoms with Crippen LogP contribution in [0.4, 0.5) is 11.4 Å². The van der Waals surface area contributed by atoms with Crippen LogP contribution in [0, 0.1) is 0 Å². The molecule has 0 bridgehead atoms. The first-order chi connectivity index (χ1) is 15.5. The van der Waals surface area contributed by atoms with Gasteiger partial charge in [0.15, 0.2) is 0 Å². The van der Waals surface area contributed by atoms with Gasteiger partial charge in [-0.3, -0.25) is 14.1 Å². The molecule has 8 nitrogen and oxygen atoms in total. The maximum atomic E-state index is 11.7. The van der Waals surface area contributed by atoms with Gasteiger partial charge >= 0.3 is 0 Å². The normalized spacial score (nSPS) is 19.9. The standard InChI is InChI=1S/C23H26N2O6S2/c1-23(14-6-8-16-32(26,27)28)20-17-19(33(29,30)31)12-13-21(20)25-22(23)11-5-7-15-24-18-9-3-2-4-10-18/h2-5,7,9-13,15,17,25H,6,8,14,16H2,1H3,(H,26,27,28)(H,29,30,31). The molecule has 1 aliphatic rings. The van der Waals surface area contributed by atoms with Crippen LogP contribution < -0.4 is 5.32 Å². The first-order valence-electron chi connectivity index (χ1n) is 10.3. The molecule has 0 aliphatic carbocycles. The summed E-state index contributed by atoms with van der Waals surface area (Å²) in [6, 6.07) is 13.8. The molecule has 33 heavy (non-hydrogen) atoms. The summed E-state index contributed by atoms with van der Waals surface area (Å²) in [4.78, 5) is 4.12. The predicted octanol–water partition coefficient (Wildman–Crippen LogP) is 4.52. The van der Waals surface area contributed by atoms with Crippen molar-refractivity contribution in [1.82, 2.24) is 0 Å². The van der Waals surface area contributed by atoms with Crippen molar-refractivity contribution in [3.63, 3.8) is 0 Å². The predicted molar refractivity (Wildman–Crippen MR) is 129 cm³/mol. The molecule has 0 radical (unpaired) electrons. The van der Waals surface area contributed by atoms with Crippen molar-refractivity contribution in [3.8, 4) is 0 Å². The molecule has 1 aliphatic heterocycles. The number of benzene rings is 2. The lowest BCUT2D eigenvalue weighted by atomic mass is 9.77. The van der Waals surface area contributed by atoms with Gasteiger partial charge in [0.25, 0.3) is 20.2 Å². The Morgan fingerprint density at radius 1 is 1.00 bits per heavy atom. The van der Waals surface area contributed by atoms with Crippen LogP contribution in [0.25, 0.3) is 0 Å². The highest BCUT2D eigenvalue weighted by molar-refractivity contribution is 7.86. The van der Waals surface area contributed by atoms with Gasteiger partial charge < -0.3 is 5.32 Å². The van der Waals surface area contributed by atoms with E-state index in [9.17, 15) is 21.4 Å². The smallest absolute Gasteiger partial charge is 0.294 e. The zero-order valence-electron chi connectivity index (χ0n) is 18.0. The summed E-state index contributed by atoms with van der Waals surface area (Å²) in [6.07, 6.45) is 8.32. The molecular weight excluding hydrogens is 464 g/mol. The average Bonchev–Trinajstić information content (AvgIpc) is 3.02. The fraction of sp³-hybridized carbons (Fsp3) is 0.261. The van der Waals surface area contributed by atoms with E-state index in [2.05, 4.69) is 10.3 Å². The van der Waals surface area contributed by atoms with Crippen LogP contribution in [0.1, 0.15) is 31.7 Å². The fourth-order valence-electron chi connectivity index (χ4n) is 3.78. The summed E-state index contributed by atoms with van der Waals surface area (Å²) in [5.74, 6) is -0.344. The van der Waals surface area contributed by atoms with Gasteiger partial charge in [-0.05, 0) is 67.8 Å². The van der Waals surface area contributed by atoms with E-state index in [-0.39, 0.29) is 17.1 Å². The lowest BCUT2D eigenvalue weighted by Gasteiger charge is -2.26. The Hall–Kier alpha value is -2.79. The zero-order valence-corrected chi connectivity index (χ0v) is 19.7. The third-order valence-corrected chi connectivity index (χ3v) is 7.17. The van der Waals surface area contributed by atoms with Crippen LogP contribution in [0.15, 0.2) is 82.3 Å². The number of fused-ring (bicyclic) bond motifs is 1. The summed E-state index contributed by atoms with van der Waals surface area (Å²) >= 11 is 0. The van der Waals surface area contributed by atoms with E-state index in [4.69, 9.17) is 4.55 Å². The van der Waals surface area contributed by atoms with Crippen molar-refractivity contribution in [2.24, 2.45) is 4.99 Å². The van der Waals surface area contributed by atoms with E-state index in [1.165, 1.54) is 12.1 Å². The first-order valence-corrected chi connectivity index (χ1v) is 13.3. The lowest BCUT2D eigenvalue weighted by molar-refractivity contribution is 0.467. The van der Waals surface area contributed by atoms with Gasteiger partial charge in [-0.15, -0.1) is 0 Å². The van der Waals surface area contributed by atoms with Gasteiger partial charge in [0.05, 0.1) is 16.3 Å². The van der Waals surface area contributed by atoms with Crippen LogP contribution in [0.3, 0.4) is 0 Å². The summed E-state index contributed by atoms with van der Waals surface area (Å²) < 4.78 is 63.9. The van der Waals surface area contributed by atoms with Crippen LogP contribution in [-0.2, 0) is 25.7 Å². The van der Waals surface area contributed by atoms with Crippen molar-refractivity contribution in [2.45, 2.75) is 36.5 Å². The first kappa shape index (κ1) is 24.8. The minimum atomic E-state index is -4.38. The fourth-order valence-corrected chi connectivity index (χ4v) is 4.86. The quantitative estimate of drug-likeness (QED) is 0.267. The molecule has 176 valence electrons. The van der Waals surface area contributed by atoms with E-state index >= 15 is 0 Å². The molecule has 2 aromatic rings. The Kier molecular flexibility index (Phi) is 7.53. The highest BCUT2D eigenvalue weighted by atomic mass is 32.2. The third kappa shape index (κ3) is 6.61. The summed E-state index contributed by atoms with van der Waals surface area (Å²) in [6.45, 7) is 1.92. The number of unbranched alkanes of at least 4 members (excludes halogenated alkanes) is 1. The van der Waals surface area contributed by atoms with E-state index in [1.54, 1.807) is 24.4 Å². The minimum absolute atomic E-state index is 0.209. The lowest BCUT2D eigenvalue weighted by Crippen LogP contribution is -2.23. The molecule has 0 fully saturated rings. The molecule has 0 saturated heterocycles. The molecule has 0 amide bonds. The van der Waals surface area contributed by atoms with Crippen LogP contribution in [-0.4, -0.2) is 37.9 Å². The van der Waals surface area contributed by atoms with Crippen molar-refractivity contribution in [3.05, 3.63) is 78.0 Å². The Bertz CT molecular complexity index is 1300. The van der Waals surface area contributed by atoms with Crippen molar-refractivity contribution < 1.29 is 25.9 Å². The number of nitrogens with one attached hydrogen (secondary N) is 1. The number of allylic oxidation sites excluding steroid dienone is 4. The van der Waals surface area contributed by atoms with Gasteiger partial charge in [-0.25, -0.2) is 0 Å². The van der Waals surface area contributed by atoms with E-state index in [0.29, 0.717) is 24.1 Å². The molecule has 0 spiro atoms. The van der Waals surface area contributed by atoms with Crippen molar-refractivity contribution >= 4 is 37.8 Å². The number of anilines is 1. The molecule has 3 N–H and O–H groups in total. The maximum absolute atomic E-state index is 11.7. The van der Waals surface area contributed by atoms with Crippen LogP contribution in [0.5, 0.6) is 0 Å². The number of nitrogens with zero attached hydrogens (tertiary/aromatic N) is 1. The molecule has 2 aromatic carbocycles. The molecule has 3 rings (SSSR count). The molecular formula is C23H26N2O6S2. The Morgan fingerprint density at radius 2 is 1.73 bits per heavy atom. The largest absolute Gasteiger partial charge is 0.358 e. The number of hydrogen-bond donors (Lipinski definition) is 3.